The topological polar surface area (TPSA) is 46.9 Å². The van der Waals surface area contributed by atoms with Gasteiger partial charge < -0.3 is 5.32 Å². The fourth-order valence-corrected chi connectivity index (χ4v) is 3.43. The molecule has 0 aliphatic heterocycles. The Labute approximate surface area is 141 Å². The number of hydrogen-bond acceptors (Lipinski definition) is 2. The molecule has 122 valence electrons. The Morgan fingerprint density at radius 2 is 1.91 bits per heavy atom. The summed E-state index contributed by atoms with van der Waals surface area (Å²) < 4.78 is 1.70. The maximum absolute atomic E-state index is 12.5. The highest BCUT2D eigenvalue weighted by atomic mass is 35.5. The fourth-order valence-electron chi connectivity index (χ4n) is 3.11. The fraction of sp³-hybridized carbons (Fsp3) is 0.444. The molecule has 1 aromatic carbocycles. The first-order valence-electron chi connectivity index (χ1n) is 8.14. The lowest BCUT2D eigenvalue weighted by Gasteiger charge is -2.11. The molecule has 1 aliphatic rings. The average Bonchev–Trinajstić information content (AvgIpc) is 3.10. The van der Waals surface area contributed by atoms with E-state index in [-0.39, 0.29) is 11.9 Å². The van der Waals surface area contributed by atoms with Crippen molar-refractivity contribution in [3.8, 4) is 0 Å². The lowest BCUT2D eigenvalue weighted by atomic mass is 10.1. The minimum atomic E-state index is -0.102. The van der Waals surface area contributed by atoms with Crippen LogP contribution in [0.2, 0.25) is 5.15 Å². The third kappa shape index (κ3) is 3.58. The lowest BCUT2D eigenvalue weighted by Crippen LogP contribution is -2.33. The van der Waals surface area contributed by atoms with Crippen LogP contribution in [-0.4, -0.2) is 21.7 Å². The summed E-state index contributed by atoms with van der Waals surface area (Å²) in [6, 6.07) is 8.51. The molecule has 5 heteroatoms. The van der Waals surface area contributed by atoms with Gasteiger partial charge in [-0.2, -0.15) is 5.10 Å². The molecule has 0 saturated heterocycles. The summed E-state index contributed by atoms with van der Waals surface area (Å²) in [5, 5.41) is 7.95. The molecule has 1 amide bonds. The van der Waals surface area contributed by atoms with Gasteiger partial charge in [0.1, 0.15) is 5.15 Å². The van der Waals surface area contributed by atoms with E-state index < -0.39 is 0 Å². The van der Waals surface area contributed by atoms with Crippen LogP contribution in [0.25, 0.3) is 0 Å². The Morgan fingerprint density at radius 1 is 1.26 bits per heavy atom. The van der Waals surface area contributed by atoms with E-state index in [0.29, 0.717) is 23.0 Å². The van der Waals surface area contributed by atoms with Crippen LogP contribution in [0.15, 0.2) is 24.3 Å². The predicted octanol–water partition coefficient (Wildman–Crippen LogP) is 3.87. The van der Waals surface area contributed by atoms with Gasteiger partial charge in [0.15, 0.2) is 0 Å². The molecule has 1 saturated carbocycles. The van der Waals surface area contributed by atoms with Crippen molar-refractivity contribution in [1.82, 2.24) is 15.1 Å². The summed E-state index contributed by atoms with van der Waals surface area (Å²) >= 11 is 6.43. The number of aromatic nitrogens is 2. The van der Waals surface area contributed by atoms with Gasteiger partial charge in [-0.05, 0) is 32.3 Å². The van der Waals surface area contributed by atoms with Gasteiger partial charge in [0, 0.05) is 6.04 Å². The van der Waals surface area contributed by atoms with Crippen molar-refractivity contribution >= 4 is 17.5 Å². The maximum Gasteiger partial charge on any atom is 0.256 e. The van der Waals surface area contributed by atoms with Crippen molar-refractivity contribution < 1.29 is 4.79 Å². The van der Waals surface area contributed by atoms with E-state index in [0.717, 1.165) is 18.4 Å². The molecule has 2 aromatic rings. The first-order valence-corrected chi connectivity index (χ1v) is 8.51. The molecule has 0 unspecified atom stereocenters. The molecular formula is C18H22ClN3O. The number of nitrogens with zero attached hydrogens (tertiary/aromatic N) is 2. The number of carbonyl (C=O) groups is 1. The van der Waals surface area contributed by atoms with Gasteiger partial charge in [-0.15, -0.1) is 0 Å². The standard InChI is InChI=1S/C18H22ClN3O/c1-12-7-9-14(10-8-12)11-22-17(19)16(13(2)21-22)18(23)20-15-5-3-4-6-15/h7-10,15H,3-6,11H2,1-2H3,(H,20,23). The average molecular weight is 332 g/mol. The largest absolute Gasteiger partial charge is 0.349 e. The van der Waals surface area contributed by atoms with E-state index in [9.17, 15) is 4.79 Å². The summed E-state index contributed by atoms with van der Waals surface area (Å²) in [7, 11) is 0. The molecule has 0 bridgehead atoms. The van der Waals surface area contributed by atoms with Gasteiger partial charge in [-0.1, -0.05) is 54.3 Å². The molecule has 3 rings (SSSR count). The van der Waals surface area contributed by atoms with Crippen molar-refractivity contribution in [2.45, 2.75) is 52.1 Å². The van der Waals surface area contributed by atoms with Gasteiger partial charge in [0.25, 0.3) is 5.91 Å². The first-order chi connectivity index (χ1) is 11.0. The zero-order valence-corrected chi connectivity index (χ0v) is 14.4. The summed E-state index contributed by atoms with van der Waals surface area (Å²) in [5.74, 6) is -0.102. The highest BCUT2D eigenvalue weighted by Gasteiger charge is 2.24. The minimum Gasteiger partial charge on any atom is -0.349 e. The minimum absolute atomic E-state index is 0.102. The number of hydrogen-bond donors (Lipinski definition) is 1. The van der Waals surface area contributed by atoms with Crippen LogP contribution in [0, 0.1) is 13.8 Å². The predicted molar refractivity (Wildman–Crippen MR) is 92.0 cm³/mol. The van der Waals surface area contributed by atoms with Crippen LogP contribution in [0.1, 0.15) is 52.9 Å². The van der Waals surface area contributed by atoms with Crippen molar-refractivity contribution in [2.75, 3.05) is 0 Å². The SMILES string of the molecule is Cc1ccc(Cn2nc(C)c(C(=O)NC3CCCC3)c2Cl)cc1. The highest BCUT2D eigenvalue weighted by Crippen LogP contribution is 2.23. The van der Waals surface area contributed by atoms with Gasteiger partial charge >= 0.3 is 0 Å². The summed E-state index contributed by atoms with van der Waals surface area (Å²) in [6.07, 6.45) is 4.48. The van der Waals surface area contributed by atoms with Crippen molar-refractivity contribution in [3.63, 3.8) is 0 Å². The van der Waals surface area contributed by atoms with Gasteiger partial charge in [-0.25, -0.2) is 4.68 Å². The summed E-state index contributed by atoms with van der Waals surface area (Å²) in [4.78, 5) is 12.5. The van der Waals surface area contributed by atoms with E-state index >= 15 is 0 Å². The van der Waals surface area contributed by atoms with Crippen LogP contribution in [0.4, 0.5) is 0 Å². The number of benzene rings is 1. The maximum atomic E-state index is 12.5. The molecule has 0 atom stereocenters. The van der Waals surface area contributed by atoms with Crippen molar-refractivity contribution in [2.24, 2.45) is 0 Å². The van der Waals surface area contributed by atoms with Crippen LogP contribution in [0.3, 0.4) is 0 Å². The van der Waals surface area contributed by atoms with Gasteiger partial charge in [-0.3, -0.25) is 4.79 Å². The highest BCUT2D eigenvalue weighted by molar-refractivity contribution is 6.33. The molecule has 0 spiro atoms. The molecular weight excluding hydrogens is 310 g/mol. The second kappa shape index (κ2) is 6.75. The number of amides is 1. The molecule has 4 nitrogen and oxygen atoms in total. The molecule has 1 heterocycles. The third-order valence-corrected chi connectivity index (χ3v) is 4.82. The number of rotatable bonds is 4. The molecule has 1 fully saturated rings. The summed E-state index contributed by atoms with van der Waals surface area (Å²) in [5.41, 5.74) is 3.51. The van der Waals surface area contributed by atoms with Crippen LogP contribution in [-0.2, 0) is 6.54 Å². The van der Waals surface area contributed by atoms with E-state index in [4.69, 9.17) is 11.6 Å². The monoisotopic (exact) mass is 331 g/mol. The Kier molecular flexibility index (Phi) is 4.71. The molecule has 1 aliphatic carbocycles. The van der Waals surface area contributed by atoms with Crippen LogP contribution in [0.5, 0.6) is 0 Å². The first kappa shape index (κ1) is 16.1. The summed E-state index contributed by atoms with van der Waals surface area (Å²) in [6.45, 7) is 4.46. The normalized spacial score (nSPS) is 15.1. The number of aryl methyl sites for hydroxylation is 2. The lowest BCUT2D eigenvalue weighted by molar-refractivity contribution is 0.0937. The zero-order chi connectivity index (χ0) is 16.4. The number of halogens is 1. The van der Waals surface area contributed by atoms with Gasteiger partial charge in [0.2, 0.25) is 0 Å². The number of nitrogens with one attached hydrogen (secondary N) is 1. The smallest absolute Gasteiger partial charge is 0.256 e. The second-order valence-electron chi connectivity index (χ2n) is 6.35. The second-order valence-corrected chi connectivity index (χ2v) is 6.71. The van der Waals surface area contributed by atoms with E-state index in [2.05, 4.69) is 41.6 Å². The van der Waals surface area contributed by atoms with E-state index in [1.165, 1.54) is 18.4 Å². The number of carbonyl (C=O) groups excluding carboxylic acids is 1. The quantitative estimate of drug-likeness (QED) is 0.924. The molecule has 23 heavy (non-hydrogen) atoms. The molecule has 1 N–H and O–H groups in total. The Morgan fingerprint density at radius 3 is 2.57 bits per heavy atom. The third-order valence-electron chi connectivity index (χ3n) is 4.44. The Bertz CT molecular complexity index is 700. The van der Waals surface area contributed by atoms with Crippen LogP contribution < -0.4 is 5.32 Å². The van der Waals surface area contributed by atoms with E-state index in [1.807, 2.05) is 6.92 Å². The van der Waals surface area contributed by atoms with Crippen molar-refractivity contribution in [3.05, 3.63) is 51.8 Å². The Balaban J connectivity index is 1.78. The van der Waals surface area contributed by atoms with E-state index in [1.54, 1.807) is 4.68 Å². The van der Waals surface area contributed by atoms with Gasteiger partial charge in [0.05, 0.1) is 17.8 Å². The Hall–Kier alpha value is -1.81. The molecule has 0 radical (unpaired) electrons. The van der Waals surface area contributed by atoms with Crippen molar-refractivity contribution in [1.29, 1.82) is 0 Å². The molecule has 1 aromatic heterocycles. The zero-order valence-electron chi connectivity index (χ0n) is 13.6. The van der Waals surface area contributed by atoms with Crippen LogP contribution >= 0.6 is 11.6 Å².